The number of carbonyl (C=O) groups excluding carboxylic acids is 2. The molecule has 25 heavy (non-hydrogen) atoms. The number of amides is 2. The fraction of sp³-hybridized carbons (Fsp3) is 0.222. The molecule has 1 atom stereocenters. The number of carbonyl (C=O) groups is 2. The van der Waals surface area contributed by atoms with Gasteiger partial charge in [0.2, 0.25) is 5.91 Å². The van der Waals surface area contributed by atoms with Gasteiger partial charge in [-0.25, -0.2) is 4.79 Å². The Bertz CT molecular complexity index is 816. The molecule has 0 fully saturated rings. The molecule has 0 bridgehead atoms. The average Bonchev–Trinajstić information content (AvgIpc) is 2.71. The maximum atomic E-state index is 12.5. The van der Waals surface area contributed by atoms with Crippen LogP contribution in [0.3, 0.4) is 0 Å². The van der Waals surface area contributed by atoms with E-state index in [0.29, 0.717) is 16.3 Å². The highest BCUT2D eigenvalue weighted by Crippen LogP contribution is 2.35. The van der Waals surface area contributed by atoms with Crippen LogP contribution in [0, 0.1) is 0 Å². The highest BCUT2D eigenvalue weighted by Gasteiger charge is 2.33. The Balaban J connectivity index is 2.24. The smallest absolute Gasteiger partial charge is 0.414 e. The summed E-state index contributed by atoms with van der Waals surface area (Å²) in [5.74, 6) is -0.270. The van der Waals surface area contributed by atoms with Crippen LogP contribution >= 0.6 is 27.5 Å². The van der Waals surface area contributed by atoms with Crippen LogP contribution in [0.2, 0.25) is 5.02 Å². The third kappa shape index (κ3) is 3.65. The number of fused-ring (bicyclic) bond motifs is 1. The normalized spacial score (nSPS) is 19.8. The lowest BCUT2D eigenvalue weighted by molar-refractivity contribution is -0.121. The van der Waals surface area contributed by atoms with E-state index in [9.17, 15) is 9.59 Å². The van der Waals surface area contributed by atoms with Gasteiger partial charge in [0, 0.05) is 20.6 Å². The summed E-state index contributed by atoms with van der Waals surface area (Å²) in [4.78, 5) is 26.2. The summed E-state index contributed by atoms with van der Waals surface area (Å²) in [6, 6.07) is 6.88. The van der Waals surface area contributed by atoms with E-state index in [4.69, 9.17) is 16.3 Å². The molecule has 7 heteroatoms. The van der Waals surface area contributed by atoms with Gasteiger partial charge in [0.05, 0.1) is 18.3 Å². The van der Waals surface area contributed by atoms with Gasteiger partial charge in [-0.05, 0) is 25.1 Å². The van der Waals surface area contributed by atoms with Crippen molar-refractivity contribution in [2.24, 2.45) is 0 Å². The number of rotatable bonds is 2. The van der Waals surface area contributed by atoms with Crippen molar-refractivity contribution < 1.29 is 14.3 Å². The van der Waals surface area contributed by atoms with Crippen molar-refractivity contribution >= 4 is 45.2 Å². The standard InChI is InChI=1S/C18H16BrClN2O3/c1-2-25-18(24)22-10-16(23)21-15-8-7-11(19)9-13(15)17(22)12-5-3-4-6-14(12)20/h3-9,15H,2,10H2,1H3,(H,21,23)/t15-/m0/s1. The monoisotopic (exact) mass is 422 g/mol. The predicted octanol–water partition coefficient (Wildman–Crippen LogP) is 3.86. The second-order valence-electron chi connectivity index (χ2n) is 5.50. The van der Waals surface area contributed by atoms with Gasteiger partial charge in [0.15, 0.2) is 0 Å². The highest BCUT2D eigenvalue weighted by atomic mass is 79.9. The van der Waals surface area contributed by atoms with E-state index in [1.807, 2.05) is 36.4 Å². The molecular weight excluding hydrogens is 408 g/mol. The topological polar surface area (TPSA) is 58.6 Å². The second kappa shape index (κ2) is 7.45. The lowest BCUT2D eigenvalue weighted by atomic mass is 9.96. The number of halogens is 2. The number of benzene rings is 1. The highest BCUT2D eigenvalue weighted by molar-refractivity contribution is 9.11. The third-order valence-electron chi connectivity index (χ3n) is 3.86. The Hall–Kier alpha value is -2.05. The van der Waals surface area contributed by atoms with Crippen molar-refractivity contribution in [2.45, 2.75) is 13.0 Å². The third-order valence-corrected chi connectivity index (χ3v) is 4.68. The molecule has 0 saturated heterocycles. The van der Waals surface area contributed by atoms with Gasteiger partial charge in [-0.15, -0.1) is 0 Å². The Morgan fingerprint density at radius 1 is 1.44 bits per heavy atom. The predicted molar refractivity (Wildman–Crippen MR) is 100 cm³/mol. The van der Waals surface area contributed by atoms with Crippen molar-refractivity contribution in [2.75, 3.05) is 13.2 Å². The molecule has 0 saturated carbocycles. The van der Waals surface area contributed by atoms with Crippen LogP contribution in [-0.4, -0.2) is 36.1 Å². The molecule has 1 aliphatic carbocycles. The lowest BCUT2D eigenvalue weighted by Gasteiger charge is -2.26. The molecule has 3 rings (SSSR count). The molecule has 0 radical (unpaired) electrons. The van der Waals surface area contributed by atoms with Crippen molar-refractivity contribution in [3.8, 4) is 0 Å². The van der Waals surface area contributed by atoms with E-state index < -0.39 is 6.09 Å². The molecule has 0 unspecified atom stereocenters. The van der Waals surface area contributed by atoms with Gasteiger partial charge in [0.25, 0.3) is 0 Å². The molecule has 1 heterocycles. The van der Waals surface area contributed by atoms with E-state index >= 15 is 0 Å². The Morgan fingerprint density at radius 3 is 2.92 bits per heavy atom. The van der Waals surface area contributed by atoms with Crippen molar-refractivity contribution in [1.82, 2.24) is 10.2 Å². The molecule has 2 aliphatic rings. The number of ether oxygens (including phenoxy) is 1. The van der Waals surface area contributed by atoms with Crippen LogP contribution in [0.15, 0.2) is 52.5 Å². The van der Waals surface area contributed by atoms with Crippen LogP contribution in [0.4, 0.5) is 4.79 Å². The number of nitrogens with zero attached hydrogens (tertiary/aromatic N) is 1. The van der Waals surface area contributed by atoms with Gasteiger partial charge in [-0.1, -0.05) is 51.8 Å². The molecule has 0 spiro atoms. The van der Waals surface area contributed by atoms with E-state index in [1.54, 1.807) is 13.0 Å². The first-order chi connectivity index (χ1) is 12.0. The SMILES string of the molecule is CCOC(=O)N1CC(=O)N[C@H]2C=CC(Br)=CC2=C1c1ccccc1Cl. The minimum Gasteiger partial charge on any atom is -0.449 e. The molecular formula is C18H16BrClN2O3. The number of hydrogen-bond acceptors (Lipinski definition) is 3. The van der Waals surface area contributed by atoms with Crippen LogP contribution in [0.5, 0.6) is 0 Å². The first kappa shape index (κ1) is 17.8. The fourth-order valence-corrected chi connectivity index (χ4v) is 3.45. The van der Waals surface area contributed by atoms with Gasteiger partial charge in [0.1, 0.15) is 6.54 Å². The van der Waals surface area contributed by atoms with E-state index in [-0.39, 0.29) is 25.1 Å². The van der Waals surface area contributed by atoms with Gasteiger partial charge in [-0.3, -0.25) is 9.69 Å². The van der Waals surface area contributed by atoms with Crippen molar-refractivity contribution in [1.29, 1.82) is 0 Å². The quantitative estimate of drug-likeness (QED) is 0.786. The fourth-order valence-electron chi connectivity index (χ4n) is 2.83. The largest absolute Gasteiger partial charge is 0.449 e. The average molecular weight is 424 g/mol. The summed E-state index contributed by atoms with van der Waals surface area (Å²) in [6.45, 7) is 1.80. The molecule has 1 aromatic rings. The first-order valence-electron chi connectivity index (χ1n) is 7.79. The Morgan fingerprint density at radius 2 is 2.20 bits per heavy atom. The second-order valence-corrected chi connectivity index (χ2v) is 6.83. The van der Waals surface area contributed by atoms with E-state index in [0.717, 1.165) is 10.1 Å². The van der Waals surface area contributed by atoms with E-state index in [2.05, 4.69) is 21.2 Å². The molecule has 1 N–H and O–H groups in total. The Kier molecular flexibility index (Phi) is 5.30. The van der Waals surface area contributed by atoms with Crippen LogP contribution in [0.1, 0.15) is 12.5 Å². The van der Waals surface area contributed by atoms with Crippen LogP contribution in [-0.2, 0) is 9.53 Å². The van der Waals surface area contributed by atoms with Gasteiger partial charge in [-0.2, -0.15) is 0 Å². The van der Waals surface area contributed by atoms with Crippen molar-refractivity contribution in [3.63, 3.8) is 0 Å². The van der Waals surface area contributed by atoms with Crippen molar-refractivity contribution in [3.05, 3.63) is 63.1 Å². The maximum absolute atomic E-state index is 12.5. The first-order valence-corrected chi connectivity index (χ1v) is 8.96. The van der Waals surface area contributed by atoms with Gasteiger partial charge >= 0.3 is 6.09 Å². The minimum atomic E-state index is -0.584. The number of allylic oxidation sites excluding steroid dienone is 2. The molecule has 0 aromatic heterocycles. The zero-order valence-electron chi connectivity index (χ0n) is 13.5. The molecule has 130 valence electrons. The summed E-state index contributed by atoms with van der Waals surface area (Å²) in [7, 11) is 0. The lowest BCUT2D eigenvalue weighted by Crippen LogP contribution is -2.39. The van der Waals surface area contributed by atoms with Crippen LogP contribution < -0.4 is 5.32 Å². The molecule has 1 aromatic carbocycles. The van der Waals surface area contributed by atoms with Gasteiger partial charge < -0.3 is 10.1 Å². The maximum Gasteiger partial charge on any atom is 0.414 e. The molecule has 2 amide bonds. The summed E-state index contributed by atoms with van der Waals surface area (Å²) < 4.78 is 6.00. The summed E-state index contributed by atoms with van der Waals surface area (Å²) in [5, 5.41) is 3.40. The number of nitrogens with one attached hydrogen (secondary N) is 1. The Labute approximate surface area is 159 Å². The molecule has 1 aliphatic heterocycles. The number of hydrogen-bond donors (Lipinski definition) is 1. The van der Waals surface area contributed by atoms with E-state index in [1.165, 1.54) is 4.90 Å². The summed E-state index contributed by atoms with van der Waals surface area (Å²) >= 11 is 9.85. The zero-order valence-corrected chi connectivity index (χ0v) is 15.8. The minimum absolute atomic E-state index is 0.140. The zero-order chi connectivity index (χ0) is 18.0. The summed E-state index contributed by atoms with van der Waals surface area (Å²) in [5.41, 5.74) is 2.00. The molecule has 5 nitrogen and oxygen atoms in total. The summed E-state index contributed by atoms with van der Waals surface area (Å²) in [6.07, 6.45) is 5.02. The van der Waals surface area contributed by atoms with Crippen LogP contribution in [0.25, 0.3) is 5.70 Å².